The van der Waals surface area contributed by atoms with Crippen LogP contribution in [0.2, 0.25) is 0 Å². The standard InChI is InChI=1S/C16H26N2/c1-3-7-12(2)10-16(18-17)15-11-14(15)13-8-5-4-6-9-13/h4-6,8-9,12,14-16,18H,3,7,10-11,17H2,1-2H3. The lowest BCUT2D eigenvalue weighted by Crippen LogP contribution is -2.38. The molecule has 2 heteroatoms. The molecule has 4 unspecified atom stereocenters. The van der Waals surface area contributed by atoms with Gasteiger partial charge in [0.1, 0.15) is 0 Å². The fourth-order valence-electron chi connectivity index (χ4n) is 3.15. The molecule has 0 amide bonds. The van der Waals surface area contributed by atoms with Crippen molar-refractivity contribution in [2.75, 3.05) is 0 Å². The van der Waals surface area contributed by atoms with Gasteiger partial charge in [-0.2, -0.15) is 0 Å². The van der Waals surface area contributed by atoms with E-state index in [9.17, 15) is 0 Å². The van der Waals surface area contributed by atoms with Crippen molar-refractivity contribution in [3.63, 3.8) is 0 Å². The highest BCUT2D eigenvalue weighted by Crippen LogP contribution is 2.50. The van der Waals surface area contributed by atoms with Gasteiger partial charge in [-0.3, -0.25) is 11.3 Å². The quantitative estimate of drug-likeness (QED) is 0.571. The van der Waals surface area contributed by atoms with Gasteiger partial charge in [-0.25, -0.2) is 0 Å². The lowest BCUT2D eigenvalue weighted by atomic mass is 9.93. The molecule has 0 radical (unpaired) electrons. The Labute approximate surface area is 111 Å². The third-order valence-electron chi connectivity index (χ3n) is 4.24. The van der Waals surface area contributed by atoms with Crippen LogP contribution in [-0.4, -0.2) is 6.04 Å². The maximum Gasteiger partial charge on any atom is 0.0247 e. The van der Waals surface area contributed by atoms with E-state index in [4.69, 9.17) is 5.84 Å². The zero-order valence-electron chi connectivity index (χ0n) is 11.6. The molecule has 3 N–H and O–H groups in total. The summed E-state index contributed by atoms with van der Waals surface area (Å²) in [5.74, 6) is 7.98. The van der Waals surface area contributed by atoms with Crippen LogP contribution < -0.4 is 11.3 Å². The van der Waals surface area contributed by atoms with Crippen molar-refractivity contribution in [3.8, 4) is 0 Å². The first-order chi connectivity index (χ1) is 8.76. The Morgan fingerprint density at radius 2 is 2.06 bits per heavy atom. The van der Waals surface area contributed by atoms with E-state index >= 15 is 0 Å². The molecule has 0 aliphatic heterocycles. The molecule has 0 spiro atoms. The lowest BCUT2D eigenvalue weighted by molar-refractivity contribution is 0.355. The summed E-state index contributed by atoms with van der Waals surface area (Å²) in [6.07, 6.45) is 5.07. The van der Waals surface area contributed by atoms with Crippen molar-refractivity contribution in [1.29, 1.82) is 0 Å². The molecule has 1 saturated carbocycles. The van der Waals surface area contributed by atoms with Crippen molar-refractivity contribution in [2.45, 2.75) is 51.5 Å². The molecule has 4 atom stereocenters. The minimum Gasteiger partial charge on any atom is -0.271 e. The minimum atomic E-state index is 0.483. The number of hydrazine groups is 1. The molecule has 2 rings (SSSR count). The van der Waals surface area contributed by atoms with Gasteiger partial charge in [0.2, 0.25) is 0 Å². The van der Waals surface area contributed by atoms with Crippen molar-refractivity contribution < 1.29 is 0 Å². The number of nitrogens with two attached hydrogens (primary N) is 1. The first kappa shape index (κ1) is 13.6. The second-order valence-electron chi connectivity index (χ2n) is 5.82. The Morgan fingerprint density at radius 1 is 1.33 bits per heavy atom. The van der Waals surface area contributed by atoms with Gasteiger partial charge < -0.3 is 0 Å². The van der Waals surface area contributed by atoms with Crippen molar-refractivity contribution >= 4 is 0 Å². The number of nitrogens with one attached hydrogen (secondary N) is 1. The Hall–Kier alpha value is -0.860. The monoisotopic (exact) mass is 246 g/mol. The number of hydrogen-bond donors (Lipinski definition) is 2. The van der Waals surface area contributed by atoms with Crippen LogP contribution in [0.4, 0.5) is 0 Å². The SMILES string of the molecule is CCCC(C)CC(NN)C1CC1c1ccccc1. The normalized spacial score (nSPS) is 25.7. The fraction of sp³-hybridized carbons (Fsp3) is 0.625. The van der Waals surface area contributed by atoms with E-state index in [2.05, 4.69) is 49.6 Å². The summed E-state index contributed by atoms with van der Waals surface area (Å²) in [5.41, 5.74) is 4.53. The van der Waals surface area contributed by atoms with E-state index < -0.39 is 0 Å². The Bertz CT molecular complexity index is 349. The van der Waals surface area contributed by atoms with E-state index in [1.807, 2.05) is 0 Å². The Kier molecular flexibility index (Phi) is 4.79. The van der Waals surface area contributed by atoms with Gasteiger partial charge in [-0.05, 0) is 36.2 Å². The third-order valence-corrected chi connectivity index (χ3v) is 4.24. The molecule has 100 valence electrons. The van der Waals surface area contributed by atoms with Gasteiger partial charge in [0.25, 0.3) is 0 Å². The second-order valence-corrected chi connectivity index (χ2v) is 5.82. The van der Waals surface area contributed by atoms with Crippen LogP contribution in [0.15, 0.2) is 30.3 Å². The summed E-state index contributed by atoms with van der Waals surface area (Å²) in [4.78, 5) is 0. The van der Waals surface area contributed by atoms with Crippen LogP contribution in [0.25, 0.3) is 0 Å². The molecule has 0 saturated heterocycles. The average Bonchev–Trinajstić information content (AvgIpc) is 3.17. The van der Waals surface area contributed by atoms with Crippen molar-refractivity contribution in [3.05, 3.63) is 35.9 Å². The highest BCUT2D eigenvalue weighted by atomic mass is 15.2. The first-order valence-corrected chi connectivity index (χ1v) is 7.27. The van der Waals surface area contributed by atoms with Crippen LogP contribution >= 0.6 is 0 Å². The molecular formula is C16H26N2. The molecular weight excluding hydrogens is 220 g/mol. The van der Waals surface area contributed by atoms with Gasteiger partial charge in [-0.15, -0.1) is 0 Å². The predicted octanol–water partition coefficient (Wildman–Crippen LogP) is 3.45. The largest absolute Gasteiger partial charge is 0.271 e. The molecule has 1 aliphatic rings. The summed E-state index contributed by atoms with van der Waals surface area (Å²) >= 11 is 0. The molecule has 1 aromatic carbocycles. The highest BCUT2D eigenvalue weighted by molar-refractivity contribution is 5.26. The first-order valence-electron chi connectivity index (χ1n) is 7.27. The topological polar surface area (TPSA) is 38.0 Å². The van der Waals surface area contributed by atoms with E-state index in [-0.39, 0.29) is 0 Å². The summed E-state index contributed by atoms with van der Waals surface area (Å²) in [6, 6.07) is 11.3. The molecule has 0 heterocycles. The lowest BCUT2D eigenvalue weighted by Gasteiger charge is -2.20. The smallest absolute Gasteiger partial charge is 0.0247 e. The Morgan fingerprint density at radius 3 is 2.67 bits per heavy atom. The van der Waals surface area contributed by atoms with Crippen LogP contribution in [0.1, 0.15) is 51.0 Å². The van der Waals surface area contributed by atoms with Crippen LogP contribution in [0, 0.1) is 11.8 Å². The zero-order chi connectivity index (χ0) is 13.0. The summed E-state index contributed by atoms with van der Waals surface area (Å²) in [6.45, 7) is 4.60. The maximum atomic E-state index is 5.75. The van der Waals surface area contributed by atoms with Crippen LogP contribution in [0.5, 0.6) is 0 Å². The van der Waals surface area contributed by atoms with E-state index in [0.717, 1.165) is 17.8 Å². The maximum absolute atomic E-state index is 5.75. The van der Waals surface area contributed by atoms with Gasteiger partial charge in [-0.1, -0.05) is 57.0 Å². The van der Waals surface area contributed by atoms with Gasteiger partial charge >= 0.3 is 0 Å². The minimum absolute atomic E-state index is 0.483. The fourth-order valence-corrected chi connectivity index (χ4v) is 3.15. The Balaban J connectivity index is 1.88. The van der Waals surface area contributed by atoms with E-state index in [1.165, 1.54) is 31.2 Å². The molecule has 1 fully saturated rings. The average molecular weight is 246 g/mol. The molecule has 0 bridgehead atoms. The van der Waals surface area contributed by atoms with Crippen molar-refractivity contribution in [1.82, 2.24) is 5.43 Å². The number of rotatable bonds is 7. The molecule has 18 heavy (non-hydrogen) atoms. The molecule has 1 aromatic rings. The summed E-state index contributed by atoms with van der Waals surface area (Å²) < 4.78 is 0. The predicted molar refractivity (Wildman–Crippen MR) is 77.1 cm³/mol. The van der Waals surface area contributed by atoms with Crippen LogP contribution in [0.3, 0.4) is 0 Å². The van der Waals surface area contributed by atoms with E-state index in [1.54, 1.807) is 0 Å². The zero-order valence-corrected chi connectivity index (χ0v) is 11.6. The highest BCUT2D eigenvalue weighted by Gasteiger charge is 2.43. The van der Waals surface area contributed by atoms with Gasteiger partial charge in [0.15, 0.2) is 0 Å². The van der Waals surface area contributed by atoms with E-state index in [0.29, 0.717) is 6.04 Å². The third kappa shape index (κ3) is 3.33. The number of hydrogen-bond acceptors (Lipinski definition) is 2. The number of benzene rings is 1. The molecule has 0 aromatic heterocycles. The molecule has 1 aliphatic carbocycles. The van der Waals surface area contributed by atoms with Crippen molar-refractivity contribution in [2.24, 2.45) is 17.7 Å². The second kappa shape index (κ2) is 6.35. The van der Waals surface area contributed by atoms with Gasteiger partial charge in [0.05, 0.1) is 0 Å². The molecule has 2 nitrogen and oxygen atoms in total. The van der Waals surface area contributed by atoms with Gasteiger partial charge in [0, 0.05) is 6.04 Å². The summed E-state index contributed by atoms with van der Waals surface area (Å²) in [5, 5.41) is 0. The summed E-state index contributed by atoms with van der Waals surface area (Å²) in [7, 11) is 0. The van der Waals surface area contributed by atoms with Crippen LogP contribution in [-0.2, 0) is 0 Å².